The van der Waals surface area contributed by atoms with Gasteiger partial charge in [-0.1, -0.05) is 182 Å². The van der Waals surface area contributed by atoms with E-state index in [1.165, 1.54) is 94.7 Å². The van der Waals surface area contributed by atoms with E-state index < -0.39 is 10.8 Å². The van der Waals surface area contributed by atoms with Crippen molar-refractivity contribution in [2.24, 2.45) is 0 Å². The van der Waals surface area contributed by atoms with Crippen LogP contribution < -0.4 is 4.90 Å². The van der Waals surface area contributed by atoms with Gasteiger partial charge in [-0.3, -0.25) is 0 Å². The lowest BCUT2D eigenvalue weighted by Gasteiger charge is -2.36. The SMILES string of the molecule is c1ccc(N(c2ccc3c(c2)C(c2ccccc2)(c2ccccc2)c2ccccc2-3)c2cccc3c2C24c5ccccc5-c5cccc(c52)-c2cccc-3c24)cc1. The lowest BCUT2D eigenvalue weighted by Crippen LogP contribution is -2.29. The van der Waals surface area contributed by atoms with Gasteiger partial charge < -0.3 is 4.90 Å². The van der Waals surface area contributed by atoms with Crippen LogP contribution in [0.4, 0.5) is 17.1 Å². The van der Waals surface area contributed by atoms with Gasteiger partial charge in [-0.25, -0.2) is 0 Å². The van der Waals surface area contributed by atoms with Gasteiger partial charge in [0.05, 0.1) is 16.5 Å². The third kappa shape index (κ3) is 3.70. The molecule has 1 unspecified atom stereocenters. The third-order valence-electron chi connectivity index (χ3n) is 13.5. The summed E-state index contributed by atoms with van der Waals surface area (Å²) >= 11 is 0. The molecule has 4 aliphatic rings. The van der Waals surface area contributed by atoms with Crippen LogP contribution in [0.5, 0.6) is 0 Å². The molecule has 13 rings (SSSR count). The maximum atomic E-state index is 2.55. The number of benzene rings is 9. The molecule has 0 aliphatic heterocycles. The molecule has 0 amide bonds. The average Bonchev–Trinajstić information content (AvgIpc) is 3.97. The Morgan fingerprint density at radius 2 is 0.684 bits per heavy atom. The Kier molecular flexibility index (Phi) is 6.09. The van der Waals surface area contributed by atoms with E-state index in [1.807, 2.05) is 0 Å². The lowest BCUT2D eigenvalue weighted by atomic mass is 9.67. The number of para-hydroxylation sites is 1. The van der Waals surface area contributed by atoms with Gasteiger partial charge in [0, 0.05) is 16.9 Å². The smallest absolute Gasteiger partial charge is 0.0758 e. The molecule has 0 N–H and O–H groups in total. The van der Waals surface area contributed by atoms with Gasteiger partial charge in [0.25, 0.3) is 0 Å². The average molecular weight is 722 g/mol. The van der Waals surface area contributed by atoms with E-state index in [9.17, 15) is 0 Å². The van der Waals surface area contributed by atoms with Gasteiger partial charge in [0.1, 0.15) is 0 Å². The number of rotatable bonds is 5. The Hall–Kier alpha value is -7.22. The van der Waals surface area contributed by atoms with Gasteiger partial charge in [-0.05, 0) is 114 Å². The fraction of sp³-hybridized carbons (Fsp3) is 0.0357. The molecule has 57 heavy (non-hydrogen) atoms. The molecule has 9 aromatic rings. The molecule has 0 fully saturated rings. The summed E-state index contributed by atoms with van der Waals surface area (Å²) in [4.78, 5) is 2.55. The summed E-state index contributed by atoms with van der Waals surface area (Å²) < 4.78 is 0. The minimum Gasteiger partial charge on any atom is -0.310 e. The van der Waals surface area contributed by atoms with Crippen molar-refractivity contribution in [3.8, 4) is 44.5 Å². The molecular weight excluding hydrogens is 687 g/mol. The molecule has 0 saturated carbocycles. The first-order valence-corrected chi connectivity index (χ1v) is 20.0. The van der Waals surface area contributed by atoms with Crippen LogP contribution >= 0.6 is 0 Å². The first kappa shape index (κ1) is 31.0. The van der Waals surface area contributed by atoms with Crippen molar-refractivity contribution >= 4 is 17.1 Å². The lowest BCUT2D eigenvalue weighted by molar-refractivity contribution is 0.768. The second-order valence-corrected chi connectivity index (χ2v) is 15.9. The molecule has 1 heteroatoms. The number of hydrogen-bond acceptors (Lipinski definition) is 1. The van der Waals surface area contributed by atoms with Crippen LogP contribution in [0.3, 0.4) is 0 Å². The monoisotopic (exact) mass is 721 g/mol. The number of fused-ring (bicyclic) bond motifs is 8. The molecular formula is C56H35N. The largest absolute Gasteiger partial charge is 0.310 e. The van der Waals surface area contributed by atoms with E-state index in [-0.39, 0.29) is 0 Å². The van der Waals surface area contributed by atoms with Gasteiger partial charge in [0.2, 0.25) is 0 Å². The van der Waals surface area contributed by atoms with Crippen LogP contribution in [-0.4, -0.2) is 0 Å². The topological polar surface area (TPSA) is 3.24 Å². The highest BCUT2D eigenvalue weighted by Gasteiger charge is 2.58. The zero-order chi connectivity index (χ0) is 37.3. The van der Waals surface area contributed by atoms with Crippen molar-refractivity contribution in [1.29, 1.82) is 0 Å². The Morgan fingerprint density at radius 3 is 1.28 bits per heavy atom. The van der Waals surface area contributed by atoms with Crippen LogP contribution in [0.15, 0.2) is 212 Å². The van der Waals surface area contributed by atoms with Crippen LogP contribution in [0.2, 0.25) is 0 Å². The summed E-state index contributed by atoms with van der Waals surface area (Å²) in [6.45, 7) is 0. The van der Waals surface area contributed by atoms with Gasteiger partial charge in [-0.15, -0.1) is 0 Å². The Balaban J connectivity index is 1.13. The maximum absolute atomic E-state index is 2.55. The van der Waals surface area contributed by atoms with Crippen molar-refractivity contribution in [2.75, 3.05) is 4.90 Å². The second kappa shape index (κ2) is 11.2. The second-order valence-electron chi connectivity index (χ2n) is 15.9. The van der Waals surface area contributed by atoms with Crippen molar-refractivity contribution < 1.29 is 0 Å². The van der Waals surface area contributed by atoms with E-state index in [0.717, 1.165) is 11.4 Å². The first-order valence-electron chi connectivity index (χ1n) is 20.0. The normalized spacial score (nSPS) is 16.3. The molecule has 1 nitrogen and oxygen atoms in total. The van der Waals surface area contributed by atoms with Crippen molar-refractivity contribution in [3.63, 3.8) is 0 Å². The highest BCUT2D eigenvalue weighted by Crippen LogP contribution is 2.71. The molecule has 0 radical (unpaired) electrons. The standard InChI is InChI=1S/C56H35N/c1-4-17-36(18-5-1)55(37-19-6-2-7-20-37)48-30-12-10-23-40(48)42-34-33-39(35-50(42)55)57(38-21-8-3-9-22-38)51-32-16-29-47-46-28-15-27-45-44-26-14-25-43-41-24-11-13-31-49(41)56(52(43)44,53(45)46)54(47)51/h1-35H. The van der Waals surface area contributed by atoms with Crippen LogP contribution in [0.25, 0.3) is 44.5 Å². The minimum absolute atomic E-state index is 0.418. The van der Waals surface area contributed by atoms with E-state index in [2.05, 4.69) is 217 Å². The fourth-order valence-electron chi connectivity index (χ4n) is 11.6. The number of hydrogen-bond donors (Lipinski definition) is 0. The van der Waals surface area contributed by atoms with E-state index in [0.29, 0.717) is 0 Å². The zero-order valence-corrected chi connectivity index (χ0v) is 31.2. The maximum Gasteiger partial charge on any atom is 0.0758 e. The predicted octanol–water partition coefficient (Wildman–Crippen LogP) is 13.8. The van der Waals surface area contributed by atoms with E-state index in [4.69, 9.17) is 0 Å². The Bertz CT molecular complexity index is 3050. The molecule has 9 aromatic carbocycles. The van der Waals surface area contributed by atoms with Gasteiger partial charge in [0.15, 0.2) is 0 Å². The highest BCUT2D eigenvalue weighted by atomic mass is 15.1. The molecule has 0 aromatic heterocycles. The molecule has 264 valence electrons. The molecule has 0 bridgehead atoms. The van der Waals surface area contributed by atoms with Gasteiger partial charge >= 0.3 is 0 Å². The first-order chi connectivity index (χ1) is 28.3. The molecule has 4 aliphatic carbocycles. The summed E-state index contributed by atoms with van der Waals surface area (Å²) in [5.74, 6) is 0. The third-order valence-corrected chi connectivity index (χ3v) is 13.5. The van der Waals surface area contributed by atoms with Crippen molar-refractivity contribution in [2.45, 2.75) is 10.8 Å². The number of nitrogens with zero attached hydrogens (tertiary/aromatic N) is 1. The minimum atomic E-state index is -0.501. The molecule has 0 heterocycles. The fourth-order valence-corrected chi connectivity index (χ4v) is 11.6. The van der Waals surface area contributed by atoms with Crippen LogP contribution in [0.1, 0.15) is 44.5 Å². The molecule has 1 spiro atoms. The summed E-state index contributed by atoms with van der Waals surface area (Å²) in [7, 11) is 0. The highest BCUT2D eigenvalue weighted by molar-refractivity contribution is 6.08. The molecule has 0 saturated heterocycles. The van der Waals surface area contributed by atoms with Crippen molar-refractivity contribution in [1.82, 2.24) is 0 Å². The summed E-state index contributed by atoms with van der Waals surface area (Å²) in [6.07, 6.45) is 0. The summed E-state index contributed by atoms with van der Waals surface area (Å²) in [6, 6.07) is 79.6. The van der Waals surface area contributed by atoms with Crippen LogP contribution in [0, 0.1) is 0 Å². The zero-order valence-electron chi connectivity index (χ0n) is 31.2. The quantitative estimate of drug-likeness (QED) is 0.171. The Labute approximate surface area is 332 Å². The van der Waals surface area contributed by atoms with Gasteiger partial charge in [-0.2, -0.15) is 0 Å². The van der Waals surface area contributed by atoms with E-state index in [1.54, 1.807) is 0 Å². The number of anilines is 3. The Morgan fingerprint density at radius 1 is 0.263 bits per heavy atom. The van der Waals surface area contributed by atoms with Crippen molar-refractivity contribution in [3.05, 3.63) is 257 Å². The summed E-state index contributed by atoms with van der Waals surface area (Å²) in [5.41, 5.74) is 24.0. The summed E-state index contributed by atoms with van der Waals surface area (Å²) in [5, 5.41) is 0. The van der Waals surface area contributed by atoms with E-state index >= 15 is 0 Å². The van der Waals surface area contributed by atoms with Crippen LogP contribution in [-0.2, 0) is 10.8 Å². The predicted molar refractivity (Wildman–Crippen MR) is 234 cm³/mol. The molecule has 1 atom stereocenters.